The molecule has 0 bridgehead atoms. The SMILES string of the molecule is CCc1cncc(-n2c3[c-]c(Oc4cc(C(C)C)c5cccc(O)c5n4)cc(CC)c3c3cccc(C(C)C)c32)n1.[Pt]. The van der Waals surface area contributed by atoms with Crippen LogP contribution in [0.5, 0.6) is 17.4 Å². The minimum Gasteiger partial charge on any atom is -0.506 e. The van der Waals surface area contributed by atoms with E-state index in [0.29, 0.717) is 23.1 Å². The van der Waals surface area contributed by atoms with E-state index in [1.54, 1.807) is 6.07 Å². The zero-order valence-corrected chi connectivity index (χ0v) is 27.1. The Morgan fingerprint density at radius 3 is 2.33 bits per heavy atom. The van der Waals surface area contributed by atoms with E-state index in [1.807, 2.05) is 30.6 Å². The third-order valence-electron chi connectivity index (χ3n) is 7.82. The maximum Gasteiger partial charge on any atom is 0.217 e. The number of fused-ring (bicyclic) bond motifs is 4. The minimum atomic E-state index is 0. The van der Waals surface area contributed by atoms with Gasteiger partial charge < -0.3 is 14.4 Å². The van der Waals surface area contributed by atoms with E-state index in [2.05, 4.69) is 81.4 Å². The van der Waals surface area contributed by atoms with Crippen LogP contribution in [0.4, 0.5) is 0 Å². The maximum atomic E-state index is 10.6. The molecule has 6 aromatic rings. The van der Waals surface area contributed by atoms with Gasteiger partial charge in [-0.15, -0.1) is 17.7 Å². The van der Waals surface area contributed by atoms with E-state index in [0.717, 1.165) is 57.3 Å². The van der Waals surface area contributed by atoms with Gasteiger partial charge in [0.25, 0.3) is 0 Å². The first-order valence-corrected chi connectivity index (χ1v) is 14.4. The predicted octanol–water partition coefficient (Wildman–Crippen LogP) is 8.79. The van der Waals surface area contributed by atoms with Gasteiger partial charge in [-0.3, -0.25) is 4.98 Å². The third kappa shape index (κ3) is 5.07. The number of hydrogen-bond donors (Lipinski definition) is 1. The number of nitrogens with zero attached hydrogens (tertiary/aromatic N) is 4. The summed E-state index contributed by atoms with van der Waals surface area (Å²) in [6.45, 7) is 13.0. The van der Waals surface area contributed by atoms with Crippen molar-refractivity contribution in [2.45, 2.75) is 66.2 Å². The van der Waals surface area contributed by atoms with Crippen LogP contribution in [0.3, 0.4) is 0 Å². The van der Waals surface area contributed by atoms with Crippen molar-refractivity contribution in [2.75, 3.05) is 0 Å². The molecule has 6 nitrogen and oxygen atoms in total. The molecule has 0 spiro atoms. The van der Waals surface area contributed by atoms with Crippen molar-refractivity contribution in [1.82, 2.24) is 19.5 Å². The standard InChI is InChI=1S/C35H35N4O2.Pt/c1-7-22-15-24(41-32-17-28(21(5)6)26-12-10-14-30(40)34(26)38-32)16-29-33(22)27-13-9-11-25(20(3)4)35(27)39(29)31-19-36-18-23(8-2)37-31;/h9-15,17-21,40H,7-8H2,1-6H3;/q-1;. The second-order valence-electron chi connectivity index (χ2n) is 11.2. The quantitative estimate of drug-likeness (QED) is 0.166. The normalized spacial score (nSPS) is 11.6. The Hall–Kier alpha value is -3.76. The van der Waals surface area contributed by atoms with Gasteiger partial charge in [0, 0.05) is 50.0 Å². The van der Waals surface area contributed by atoms with Crippen LogP contribution < -0.4 is 4.74 Å². The largest absolute Gasteiger partial charge is 0.506 e. The minimum absolute atomic E-state index is 0. The van der Waals surface area contributed by atoms with Gasteiger partial charge in [-0.05, 0) is 40.8 Å². The third-order valence-corrected chi connectivity index (χ3v) is 7.82. The summed E-state index contributed by atoms with van der Waals surface area (Å²) in [5, 5.41) is 13.9. The fraction of sp³-hybridized carbons (Fsp3) is 0.286. The molecule has 0 saturated heterocycles. The molecule has 42 heavy (non-hydrogen) atoms. The van der Waals surface area contributed by atoms with Crippen LogP contribution in [0.15, 0.2) is 60.9 Å². The summed E-state index contributed by atoms with van der Waals surface area (Å²) in [7, 11) is 0. The van der Waals surface area contributed by atoms with Crippen molar-refractivity contribution in [3.63, 3.8) is 0 Å². The molecule has 0 aliphatic carbocycles. The molecule has 0 radical (unpaired) electrons. The number of aromatic hydroxyl groups is 1. The Bertz CT molecular complexity index is 1930. The molecule has 7 heteroatoms. The van der Waals surface area contributed by atoms with Crippen LogP contribution in [0.2, 0.25) is 0 Å². The summed E-state index contributed by atoms with van der Waals surface area (Å²) >= 11 is 0. The smallest absolute Gasteiger partial charge is 0.217 e. The first kappa shape index (κ1) is 29.7. The molecule has 0 amide bonds. The van der Waals surface area contributed by atoms with Crippen LogP contribution in [0.25, 0.3) is 38.5 Å². The maximum absolute atomic E-state index is 10.6. The van der Waals surface area contributed by atoms with Gasteiger partial charge in [0.15, 0.2) is 5.82 Å². The van der Waals surface area contributed by atoms with E-state index >= 15 is 0 Å². The molecule has 3 aromatic carbocycles. The first-order chi connectivity index (χ1) is 19.8. The van der Waals surface area contributed by atoms with Crippen LogP contribution in [0.1, 0.15) is 75.8 Å². The van der Waals surface area contributed by atoms with Crippen LogP contribution in [-0.2, 0) is 33.9 Å². The van der Waals surface area contributed by atoms with Crippen molar-refractivity contribution < 1.29 is 30.9 Å². The van der Waals surface area contributed by atoms with Gasteiger partial charge >= 0.3 is 0 Å². The van der Waals surface area contributed by atoms with Gasteiger partial charge in [0.2, 0.25) is 5.88 Å². The number of phenols is 1. The molecule has 0 fully saturated rings. The summed E-state index contributed by atoms with van der Waals surface area (Å²) in [4.78, 5) is 14.2. The van der Waals surface area contributed by atoms with Crippen molar-refractivity contribution in [2.24, 2.45) is 0 Å². The van der Waals surface area contributed by atoms with Crippen LogP contribution in [0, 0.1) is 6.07 Å². The van der Waals surface area contributed by atoms with E-state index in [-0.39, 0.29) is 32.7 Å². The van der Waals surface area contributed by atoms with E-state index in [1.165, 1.54) is 10.9 Å². The number of hydrogen-bond acceptors (Lipinski definition) is 5. The molecule has 3 heterocycles. The summed E-state index contributed by atoms with van der Waals surface area (Å²) in [5.41, 5.74) is 6.97. The summed E-state index contributed by atoms with van der Waals surface area (Å²) in [5.74, 6) is 2.44. The zero-order valence-electron chi connectivity index (χ0n) is 24.8. The second kappa shape index (κ2) is 11.9. The molecule has 0 atom stereocenters. The number of phenolic OH excluding ortho intramolecular Hbond substituents is 1. The van der Waals surface area contributed by atoms with Gasteiger partial charge in [0.1, 0.15) is 11.3 Å². The fourth-order valence-electron chi connectivity index (χ4n) is 5.77. The van der Waals surface area contributed by atoms with Crippen LogP contribution in [-0.4, -0.2) is 24.6 Å². The molecule has 0 saturated carbocycles. The number of aryl methyl sites for hydroxylation is 2. The van der Waals surface area contributed by atoms with Gasteiger partial charge in [-0.25, -0.2) is 9.97 Å². The summed E-state index contributed by atoms with van der Waals surface area (Å²) < 4.78 is 8.66. The Morgan fingerprint density at radius 1 is 0.881 bits per heavy atom. The molecule has 0 unspecified atom stereocenters. The fourth-order valence-corrected chi connectivity index (χ4v) is 5.77. The van der Waals surface area contributed by atoms with Gasteiger partial charge in [0.05, 0.1) is 11.9 Å². The molecule has 0 aliphatic rings. The zero-order chi connectivity index (χ0) is 28.8. The number of rotatable bonds is 7. The summed E-state index contributed by atoms with van der Waals surface area (Å²) in [6.07, 6.45) is 5.26. The van der Waals surface area contributed by atoms with E-state index in [4.69, 9.17) is 14.7 Å². The topological polar surface area (TPSA) is 73.1 Å². The van der Waals surface area contributed by atoms with Crippen molar-refractivity contribution in [1.29, 1.82) is 0 Å². The number of benzene rings is 3. The molecule has 6 rings (SSSR count). The molecule has 3 aromatic heterocycles. The summed E-state index contributed by atoms with van der Waals surface area (Å²) in [6, 6.07) is 19.6. The molecule has 0 aliphatic heterocycles. The van der Waals surface area contributed by atoms with Gasteiger partial charge in [-0.2, -0.15) is 0 Å². The Kier molecular flexibility index (Phi) is 8.39. The number of pyridine rings is 1. The van der Waals surface area contributed by atoms with E-state index in [9.17, 15) is 5.11 Å². The Morgan fingerprint density at radius 2 is 1.62 bits per heavy atom. The van der Waals surface area contributed by atoms with Crippen molar-refractivity contribution in [3.05, 3.63) is 89.4 Å². The number of aromatic nitrogens is 4. The molecule has 1 N–H and O–H groups in total. The molecular formula is C35H35N4O2Pt-. The van der Waals surface area contributed by atoms with E-state index < -0.39 is 0 Å². The average molecular weight is 739 g/mol. The van der Waals surface area contributed by atoms with Gasteiger partial charge in [-0.1, -0.05) is 89.2 Å². The Labute approximate surface area is 261 Å². The molecular weight excluding hydrogens is 703 g/mol. The second-order valence-corrected chi connectivity index (χ2v) is 11.2. The number of ether oxygens (including phenoxy) is 1. The Balaban J connectivity index is 0.00000353. The van der Waals surface area contributed by atoms with Crippen molar-refractivity contribution in [3.8, 4) is 23.2 Å². The first-order valence-electron chi connectivity index (χ1n) is 14.4. The average Bonchev–Trinajstić information content (AvgIpc) is 3.31. The predicted molar refractivity (Wildman–Crippen MR) is 166 cm³/mol. The monoisotopic (exact) mass is 738 g/mol. The van der Waals surface area contributed by atoms with Crippen LogP contribution >= 0.6 is 0 Å². The van der Waals surface area contributed by atoms with Crippen molar-refractivity contribution >= 4 is 32.7 Å². The number of para-hydroxylation sites is 2. The molecule has 218 valence electrons.